The Morgan fingerprint density at radius 3 is 2.72 bits per heavy atom. The van der Waals surface area contributed by atoms with Crippen molar-refractivity contribution in [3.8, 4) is 0 Å². The molecular formula is C20H24N4O5. The van der Waals surface area contributed by atoms with E-state index in [-0.39, 0.29) is 18.7 Å². The normalized spacial score (nSPS) is 18.3. The molecule has 0 saturated carbocycles. The van der Waals surface area contributed by atoms with Crippen LogP contribution in [-0.4, -0.2) is 41.6 Å². The number of hydrogen-bond donors (Lipinski definition) is 3. The van der Waals surface area contributed by atoms with E-state index in [1.165, 1.54) is 12.3 Å². The van der Waals surface area contributed by atoms with E-state index in [9.17, 15) is 14.4 Å². The largest absolute Gasteiger partial charge is 0.467 e. The number of furan rings is 1. The standard InChI is InChI=1S/C20H24N4O5/c1-20(23-18(26)22-10-16-9-15(12-28-16)17(21)25)7-8-24(13-20)19(27)29-11-14-5-3-2-4-6-14/h2-6,9,12H,7-8,10-11,13H2,1H3,(H2,21,25)(H2,22,23,26). The predicted octanol–water partition coefficient (Wildman–Crippen LogP) is 1.98. The zero-order valence-electron chi connectivity index (χ0n) is 16.1. The maximum Gasteiger partial charge on any atom is 0.410 e. The first-order chi connectivity index (χ1) is 13.8. The molecule has 4 amide bonds. The molecule has 154 valence electrons. The average Bonchev–Trinajstić information content (AvgIpc) is 3.32. The molecule has 1 fully saturated rings. The number of hydrogen-bond acceptors (Lipinski definition) is 5. The van der Waals surface area contributed by atoms with Gasteiger partial charge in [0.2, 0.25) is 0 Å². The summed E-state index contributed by atoms with van der Waals surface area (Å²) in [7, 11) is 0. The molecule has 1 saturated heterocycles. The molecular weight excluding hydrogens is 376 g/mol. The van der Waals surface area contributed by atoms with Crippen molar-refractivity contribution in [1.82, 2.24) is 15.5 Å². The number of rotatable bonds is 6. The van der Waals surface area contributed by atoms with E-state index in [0.717, 1.165) is 5.56 Å². The van der Waals surface area contributed by atoms with Crippen LogP contribution in [0.4, 0.5) is 9.59 Å². The summed E-state index contributed by atoms with van der Waals surface area (Å²) in [6, 6.07) is 10.5. The monoisotopic (exact) mass is 400 g/mol. The second-order valence-corrected chi connectivity index (χ2v) is 7.25. The number of carbonyl (C=O) groups excluding carboxylic acids is 3. The SMILES string of the molecule is CC1(NC(=O)NCc2cc(C(N)=O)co2)CCN(C(=O)OCc2ccccc2)C1. The fourth-order valence-electron chi connectivity index (χ4n) is 3.12. The smallest absolute Gasteiger partial charge is 0.410 e. The molecule has 9 heteroatoms. The lowest BCUT2D eigenvalue weighted by Gasteiger charge is -2.26. The van der Waals surface area contributed by atoms with Crippen molar-refractivity contribution < 1.29 is 23.5 Å². The number of ether oxygens (including phenoxy) is 1. The van der Waals surface area contributed by atoms with Crippen molar-refractivity contribution in [2.75, 3.05) is 13.1 Å². The highest BCUT2D eigenvalue weighted by molar-refractivity contribution is 5.92. The molecule has 1 atom stereocenters. The number of carbonyl (C=O) groups is 3. The summed E-state index contributed by atoms with van der Waals surface area (Å²) < 4.78 is 10.5. The Kier molecular flexibility index (Phi) is 6.06. The minimum atomic E-state index is -0.595. The van der Waals surface area contributed by atoms with Gasteiger partial charge >= 0.3 is 12.1 Å². The lowest BCUT2D eigenvalue weighted by molar-refractivity contribution is 0.0997. The molecule has 4 N–H and O–H groups in total. The Balaban J connectivity index is 1.44. The highest BCUT2D eigenvalue weighted by Crippen LogP contribution is 2.21. The van der Waals surface area contributed by atoms with Gasteiger partial charge in [-0.05, 0) is 25.0 Å². The van der Waals surface area contributed by atoms with Crippen LogP contribution in [0, 0.1) is 0 Å². The molecule has 1 aromatic carbocycles. The summed E-state index contributed by atoms with van der Waals surface area (Å²) in [6.07, 6.45) is 1.44. The minimum Gasteiger partial charge on any atom is -0.467 e. The van der Waals surface area contributed by atoms with Gasteiger partial charge < -0.3 is 30.4 Å². The predicted molar refractivity (Wildman–Crippen MR) is 104 cm³/mol. The van der Waals surface area contributed by atoms with Crippen LogP contribution in [0.1, 0.15) is 35.0 Å². The number of urea groups is 1. The lowest BCUT2D eigenvalue weighted by atomic mass is 10.0. The van der Waals surface area contributed by atoms with E-state index in [2.05, 4.69) is 10.6 Å². The molecule has 29 heavy (non-hydrogen) atoms. The molecule has 1 unspecified atom stereocenters. The summed E-state index contributed by atoms with van der Waals surface area (Å²) in [4.78, 5) is 37.1. The molecule has 1 aromatic heterocycles. The zero-order chi connectivity index (χ0) is 20.9. The van der Waals surface area contributed by atoms with Crippen LogP contribution in [0.15, 0.2) is 47.1 Å². The van der Waals surface area contributed by atoms with Crippen LogP contribution in [0.3, 0.4) is 0 Å². The number of nitrogens with two attached hydrogens (primary N) is 1. The first-order valence-corrected chi connectivity index (χ1v) is 9.23. The Morgan fingerprint density at radius 1 is 1.28 bits per heavy atom. The number of likely N-dealkylation sites (tertiary alicyclic amines) is 1. The second kappa shape index (κ2) is 8.68. The molecule has 0 bridgehead atoms. The van der Waals surface area contributed by atoms with Crippen molar-refractivity contribution in [2.24, 2.45) is 5.73 Å². The maximum absolute atomic E-state index is 12.3. The van der Waals surface area contributed by atoms with Gasteiger partial charge in [-0.2, -0.15) is 0 Å². The Bertz CT molecular complexity index is 882. The molecule has 0 radical (unpaired) electrons. The Labute approximate surface area is 168 Å². The van der Waals surface area contributed by atoms with Gasteiger partial charge in [0.25, 0.3) is 5.91 Å². The van der Waals surface area contributed by atoms with E-state index in [0.29, 0.717) is 25.3 Å². The molecule has 2 heterocycles. The van der Waals surface area contributed by atoms with Crippen LogP contribution in [0.2, 0.25) is 0 Å². The van der Waals surface area contributed by atoms with Gasteiger partial charge in [0.1, 0.15) is 18.6 Å². The molecule has 1 aliphatic heterocycles. The van der Waals surface area contributed by atoms with Gasteiger partial charge in [-0.3, -0.25) is 4.79 Å². The van der Waals surface area contributed by atoms with E-state index >= 15 is 0 Å². The Morgan fingerprint density at radius 2 is 2.03 bits per heavy atom. The molecule has 2 aromatic rings. The van der Waals surface area contributed by atoms with E-state index in [1.54, 1.807) is 4.90 Å². The van der Waals surface area contributed by atoms with Crippen molar-refractivity contribution in [1.29, 1.82) is 0 Å². The Hall–Kier alpha value is -3.49. The number of nitrogens with one attached hydrogen (secondary N) is 2. The lowest BCUT2D eigenvalue weighted by Crippen LogP contribution is -2.52. The average molecular weight is 400 g/mol. The summed E-state index contributed by atoms with van der Waals surface area (Å²) >= 11 is 0. The summed E-state index contributed by atoms with van der Waals surface area (Å²) in [5.41, 5.74) is 5.75. The van der Waals surface area contributed by atoms with Gasteiger partial charge in [0.05, 0.1) is 17.6 Å². The van der Waals surface area contributed by atoms with Gasteiger partial charge in [-0.15, -0.1) is 0 Å². The van der Waals surface area contributed by atoms with E-state index < -0.39 is 23.6 Å². The number of amides is 4. The molecule has 0 spiro atoms. The molecule has 0 aliphatic carbocycles. The fraction of sp³-hybridized carbons (Fsp3) is 0.350. The maximum atomic E-state index is 12.3. The summed E-state index contributed by atoms with van der Waals surface area (Å²) in [6.45, 7) is 3.02. The summed E-state index contributed by atoms with van der Waals surface area (Å²) in [5, 5.41) is 5.54. The number of primary amides is 1. The van der Waals surface area contributed by atoms with E-state index in [1.807, 2.05) is 37.3 Å². The van der Waals surface area contributed by atoms with Gasteiger partial charge in [-0.25, -0.2) is 9.59 Å². The van der Waals surface area contributed by atoms with Crippen LogP contribution in [0.25, 0.3) is 0 Å². The van der Waals surface area contributed by atoms with Crippen molar-refractivity contribution in [3.05, 3.63) is 59.5 Å². The highest BCUT2D eigenvalue weighted by atomic mass is 16.6. The quantitative estimate of drug-likeness (QED) is 0.683. The van der Waals surface area contributed by atoms with Crippen LogP contribution in [0.5, 0.6) is 0 Å². The first kappa shape index (κ1) is 20.2. The fourth-order valence-corrected chi connectivity index (χ4v) is 3.12. The zero-order valence-corrected chi connectivity index (χ0v) is 16.1. The van der Waals surface area contributed by atoms with Crippen molar-refractivity contribution in [2.45, 2.75) is 32.0 Å². The van der Waals surface area contributed by atoms with Gasteiger partial charge in [-0.1, -0.05) is 30.3 Å². The van der Waals surface area contributed by atoms with Gasteiger partial charge in [0.15, 0.2) is 0 Å². The third kappa shape index (κ3) is 5.50. The first-order valence-electron chi connectivity index (χ1n) is 9.23. The third-order valence-electron chi connectivity index (χ3n) is 4.71. The van der Waals surface area contributed by atoms with E-state index in [4.69, 9.17) is 14.9 Å². The second-order valence-electron chi connectivity index (χ2n) is 7.25. The minimum absolute atomic E-state index is 0.109. The molecule has 9 nitrogen and oxygen atoms in total. The van der Waals surface area contributed by atoms with Crippen molar-refractivity contribution in [3.63, 3.8) is 0 Å². The van der Waals surface area contributed by atoms with Crippen LogP contribution in [-0.2, 0) is 17.9 Å². The topological polar surface area (TPSA) is 127 Å². The highest BCUT2D eigenvalue weighted by Gasteiger charge is 2.38. The third-order valence-corrected chi connectivity index (χ3v) is 4.71. The van der Waals surface area contributed by atoms with Crippen LogP contribution < -0.4 is 16.4 Å². The molecule has 1 aliphatic rings. The van der Waals surface area contributed by atoms with Crippen molar-refractivity contribution >= 4 is 18.0 Å². The number of nitrogens with zero attached hydrogens (tertiary/aromatic N) is 1. The van der Waals surface area contributed by atoms with Gasteiger partial charge in [0, 0.05) is 13.1 Å². The summed E-state index contributed by atoms with van der Waals surface area (Å²) in [5.74, 6) is -0.182. The molecule has 3 rings (SSSR count). The number of benzene rings is 1. The van der Waals surface area contributed by atoms with Crippen LogP contribution >= 0.6 is 0 Å².